The van der Waals surface area contributed by atoms with Crippen LogP contribution in [0.5, 0.6) is 5.75 Å². The SMILES string of the molecule is CC[C@@H](C(=O)NC1CCCC1)N(Cc1ccc(Cl)cc1Cl)C(=O)CN(c1ccccc1OC)S(=O)(=O)c1ccccc1. The molecule has 8 nitrogen and oxygen atoms in total. The Labute approximate surface area is 257 Å². The van der Waals surface area contributed by atoms with Crippen LogP contribution in [0.25, 0.3) is 0 Å². The molecule has 1 atom stereocenters. The number of amides is 2. The van der Waals surface area contributed by atoms with Gasteiger partial charge in [-0.1, -0.05) is 79.4 Å². The molecular formula is C31H35Cl2N3O5S. The Morgan fingerprint density at radius 2 is 1.67 bits per heavy atom. The first-order valence-electron chi connectivity index (χ1n) is 13.9. The maximum atomic E-state index is 14.3. The summed E-state index contributed by atoms with van der Waals surface area (Å²) in [5, 5.41) is 3.87. The molecule has 3 aromatic rings. The Morgan fingerprint density at radius 3 is 2.31 bits per heavy atom. The fourth-order valence-corrected chi connectivity index (χ4v) is 7.10. The van der Waals surface area contributed by atoms with Gasteiger partial charge in [0.15, 0.2) is 0 Å². The fraction of sp³-hybridized carbons (Fsp3) is 0.355. The molecule has 0 spiro atoms. The molecule has 0 unspecified atom stereocenters. The van der Waals surface area contributed by atoms with Crippen LogP contribution in [0.2, 0.25) is 10.0 Å². The van der Waals surface area contributed by atoms with Gasteiger partial charge in [0.05, 0.1) is 17.7 Å². The highest BCUT2D eigenvalue weighted by atomic mass is 35.5. The van der Waals surface area contributed by atoms with Gasteiger partial charge in [-0.3, -0.25) is 13.9 Å². The molecule has 0 aromatic heterocycles. The number of anilines is 1. The van der Waals surface area contributed by atoms with Crippen LogP contribution in [0.4, 0.5) is 5.69 Å². The first-order valence-corrected chi connectivity index (χ1v) is 16.1. The van der Waals surface area contributed by atoms with E-state index in [0.717, 1.165) is 30.0 Å². The molecule has 0 saturated heterocycles. The smallest absolute Gasteiger partial charge is 0.264 e. The van der Waals surface area contributed by atoms with Crippen LogP contribution >= 0.6 is 23.2 Å². The average Bonchev–Trinajstić information content (AvgIpc) is 3.50. The summed E-state index contributed by atoms with van der Waals surface area (Å²) >= 11 is 12.6. The van der Waals surface area contributed by atoms with Gasteiger partial charge in [0, 0.05) is 22.6 Å². The van der Waals surface area contributed by atoms with Crippen molar-refractivity contribution in [2.45, 2.75) is 62.6 Å². The summed E-state index contributed by atoms with van der Waals surface area (Å²) in [5.41, 5.74) is 0.779. The summed E-state index contributed by atoms with van der Waals surface area (Å²) in [6.45, 7) is 1.23. The maximum absolute atomic E-state index is 14.3. The molecule has 1 fully saturated rings. The Kier molecular flexibility index (Phi) is 10.8. The summed E-state index contributed by atoms with van der Waals surface area (Å²) in [6.07, 6.45) is 4.16. The summed E-state index contributed by atoms with van der Waals surface area (Å²) in [5.74, 6) is -0.569. The zero-order chi connectivity index (χ0) is 30.3. The van der Waals surface area contributed by atoms with Gasteiger partial charge < -0.3 is 15.0 Å². The molecule has 1 N–H and O–H groups in total. The van der Waals surface area contributed by atoms with E-state index in [1.165, 1.54) is 24.1 Å². The van der Waals surface area contributed by atoms with Crippen molar-refractivity contribution in [1.29, 1.82) is 0 Å². The standard InChI is InChI=1S/C31H35Cl2N3O5S/c1-3-27(31(38)34-24-11-7-8-12-24)35(20-22-17-18-23(32)19-26(22)33)30(37)21-36(28-15-9-10-16-29(28)41-2)42(39,40)25-13-5-4-6-14-25/h4-6,9-10,13-19,24,27H,3,7-8,11-12,20-21H2,1-2H3,(H,34,38)/t27-/m0/s1. The van der Waals surface area contributed by atoms with Crippen molar-refractivity contribution in [2.24, 2.45) is 0 Å². The Morgan fingerprint density at radius 1 is 1.00 bits per heavy atom. The van der Waals surface area contributed by atoms with Crippen LogP contribution in [-0.4, -0.2) is 50.9 Å². The summed E-state index contributed by atoms with van der Waals surface area (Å²) in [6, 6.07) is 18.6. The van der Waals surface area contributed by atoms with Crippen LogP contribution < -0.4 is 14.4 Å². The molecule has 2 amide bonds. The van der Waals surface area contributed by atoms with E-state index in [9.17, 15) is 18.0 Å². The molecular weight excluding hydrogens is 597 g/mol. The van der Waals surface area contributed by atoms with Crippen LogP contribution in [0.3, 0.4) is 0 Å². The number of carbonyl (C=O) groups excluding carboxylic acids is 2. The van der Waals surface area contributed by atoms with Crippen molar-refractivity contribution in [3.8, 4) is 5.75 Å². The molecule has 1 aliphatic carbocycles. The van der Waals surface area contributed by atoms with Gasteiger partial charge in [-0.2, -0.15) is 0 Å². The van der Waals surface area contributed by atoms with E-state index in [0.29, 0.717) is 22.0 Å². The Balaban J connectivity index is 1.75. The largest absolute Gasteiger partial charge is 0.495 e. The third kappa shape index (κ3) is 7.38. The summed E-state index contributed by atoms with van der Waals surface area (Å²) in [7, 11) is -2.78. The molecule has 224 valence electrons. The molecule has 4 rings (SSSR count). The molecule has 1 saturated carbocycles. The molecule has 0 aliphatic heterocycles. The van der Waals surface area contributed by atoms with E-state index in [4.69, 9.17) is 27.9 Å². The molecule has 1 aliphatic rings. The number of halogens is 2. The molecule has 0 bridgehead atoms. The normalized spacial score (nSPS) is 14.3. The first kappa shape index (κ1) is 31.7. The van der Waals surface area contributed by atoms with Crippen molar-refractivity contribution < 1.29 is 22.7 Å². The second kappa shape index (κ2) is 14.3. The van der Waals surface area contributed by atoms with Gasteiger partial charge in [-0.25, -0.2) is 8.42 Å². The lowest BCUT2D eigenvalue weighted by atomic mass is 10.1. The lowest BCUT2D eigenvalue weighted by molar-refractivity contribution is -0.140. The molecule has 3 aromatic carbocycles. The molecule has 42 heavy (non-hydrogen) atoms. The molecule has 11 heteroatoms. The summed E-state index contributed by atoms with van der Waals surface area (Å²) < 4.78 is 34.5. The van der Waals surface area contributed by atoms with Gasteiger partial charge in [-0.15, -0.1) is 0 Å². The van der Waals surface area contributed by atoms with Crippen molar-refractivity contribution in [3.63, 3.8) is 0 Å². The second-order valence-electron chi connectivity index (χ2n) is 10.2. The third-order valence-corrected chi connectivity index (χ3v) is 9.77. The quantitative estimate of drug-likeness (QED) is 0.262. The first-order chi connectivity index (χ1) is 20.1. The predicted octanol–water partition coefficient (Wildman–Crippen LogP) is 6.06. The van der Waals surface area contributed by atoms with E-state index in [2.05, 4.69) is 5.32 Å². The van der Waals surface area contributed by atoms with Crippen LogP contribution in [-0.2, 0) is 26.2 Å². The van der Waals surface area contributed by atoms with E-state index >= 15 is 0 Å². The van der Waals surface area contributed by atoms with Gasteiger partial charge >= 0.3 is 0 Å². The van der Waals surface area contributed by atoms with Crippen LogP contribution in [0.1, 0.15) is 44.6 Å². The van der Waals surface area contributed by atoms with E-state index < -0.39 is 28.5 Å². The van der Waals surface area contributed by atoms with Crippen molar-refractivity contribution in [2.75, 3.05) is 18.0 Å². The minimum absolute atomic E-state index is 0.0158. The molecule has 0 heterocycles. The zero-order valence-electron chi connectivity index (χ0n) is 23.6. The van der Waals surface area contributed by atoms with E-state index in [1.807, 2.05) is 6.92 Å². The fourth-order valence-electron chi connectivity index (χ4n) is 5.19. The third-order valence-electron chi connectivity index (χ3n) is 7.41. The van der Waals surface area contributed by atoms with E-state index in [-0.39, 0.29) is 34.8 Å². The number of methoxy groups -OCH3 is 1. The maximum Gasteiger partial charge on any atom is 0.264 e. The van der Waals surface area contributed by atoms with Gasteiger partial charge in [0.25, 0.3) is 10.0 Å². The van der Waals surface area contributed by atoms with Gasteiger partial charge in [0.2, 0.25) is 11.8 Å². The Hall–Kier alpha value is -3.27. The van der Waals surface area contributed by atoms with Crippen LogP contribution in [0.15, 0.2) is 77.7 Å². The highest BCUT2D eigenvalue weighted by molar-refractivity contribution is 7.92. The number of ether oxygens (including phenoxy) is 1. The number of hydrogen-bond donors (Lipinski definition) is 1. The average molecular weight is 633 g/mol. The van der Waals surface area contributed by atoms with Crippen LogP contribution in [0, 0.1) is 0 Å². The number of benzene rings is 3. The van der Waals surface area contributed by atoms with E-state index in [1.54, 1.807) is 60.7 Å². The lowest BCUT2D eigenvalue weighted by Gasteiger charge is -2.34. The highest BCUT2D eigenvalue weighted by Crippen LogP contribution is 2.33. The minimum Gasteiger partial charge on any atom is -0.495 e. The van der Waals surface area contributed by atoms with Crippen molar-refractivity contribution in [3.05, 3.63) is 88.4 Å². The predicted molar refractivity (Wildman–Crippen MR) is 165 cm³/mol. The number of nitrogens with zero attached hydrogens (tertiary/aromatic N) is 2. The number of sulfonamides is 1. The van der Waals surface area contributed by atoms with Gasteiger partial charge in [0.1, 0.15) is 18.3 Å². The zero-order valence-corrected chi connectivity index (χ0v) is 26.0. The topological polar surface area (TPSA) is 96.0 Å². The second-order valence-corrected chi connectivity index (χ2v) is 12.9. The number of carbonyl (C=O) groups is 2. The number of para-hydroxylation sites is 2. The molecule has 0 radical (unpaired) electrons. The highest BCUT2D eigenvalue weighted by Gasteiger charge is 2.35. The van der Waals surface area contributed by atoms with Crippen molar-refractivity contribution in [1.82, 2.24) is 10.2 Å². The summed E-state index contributed by atoms with van der Waals surface area (Å²) in [4.78, 5) is 29.2. The van der Waals surface area contributed by atoms with Crippen molar-refractivity contribution >= 4 is 50.7 Å². The number of rotatable bonds is 12. The number of hydrogen-bond acceptors (Lipinski definition) is 5. The Bertz CT molecular complexity index is 1500. The van der Waals surface area contributed by atoms with Gasteiger partial charge in [-0.05, 0) is 61.2 Å². The minimum atomic E-state index is -4.21. The monoisotopic (exact) mass is 631 g/mol. The number of nitrogens with one attached hydrogen (secondary N) is 1. The lowest BCUT2D eigenvalue weighted by Crippen LogP contribution is -2.53.